The third-order valence-corrected chi connectivity index (χ3v) is 1.29. The van der Waals surface area contributed by atoms with Crippen LogP contribution in [-0.4, -0.2) is 19.5 Å². The third-order valence-electron chi connectivity index (χ3n) is 0.890. The van der Waals surface area contributed by atoms with E-state index >= 15 is 0 Å². The molecule has 1 heterocycles. The number of phosphoric acid groups is 1. The van der Waals surface area contributed by atoms with Gasteiger partial charge in [-0.2, -0.15) is 4.73 Å². The maximum atomic E-state index is 10.2. The van der Waals surface area contributed by atoms with Gasteiger partial charge in [0.05, 0.1) is 11.9 Å². The van der Waals surface area contributed by atoms with Crippen molar-refractivity contribution in [1.29, 1.82) is 0 Å². The summed E-state index contributed by atoms with van der Waals surface area (Å²) < 4.78 is 15.2. The maximum Gasteiger partial charge on any atom is 0.543 e. The monoisotopic (exact) mass is 178 g/mol. The Hall–Kier alpha value is -0.840. The van der Waals surface area contributed by atoms with Gasteiger partial charge < -0.3 is 4.62 Å². The molecule has 62 valence electrons. The highest BCUT2D eigenvalue weighted by Gasteiger charge is 2.15. The molecular formula is C4H7N2O4P. The number of hydrogen-bond donors (Lipinski definition) is 2. The van der Waals surface area contributed by atoms with Crippen LogP contribution >= 0.6 is 7.82 Å². The van der Waals surface area contributed by atoms with Crippen LogP contribution in [0.1, 0.15) is 5.69 Å². The van der Waals surface area contributed by atoms with Gasteiger partial charge in [-0.3, -0.25) is 9.79 Å². The van der Waals surface area contributed by atoms with Gasteiger partial charge in [-0.25, -0.2) is 9.55 Å². The molecule has 0 spiro atoms. The van der Waals surface area contributed by atoms with Crippen molar-refractivity contribution in [2.45, 2.75) is 6.92 Å². The summed E-state index contributed by atoms with van der Waals surface area (Å²) in [5.74, 6) is 0. The van der Waals surface area contributed by atoms with Crippen molar-refractivity contribution in [3.05, 3.63) is 18.2 Å². The molecule has 7 heteroatoms. The van der Waals surface area contributed by atoms with E-state index in [1.54, 1.807) is 6.92 Å². The quantitative estimate of drug-likeness (QED) is 0.608. The van der Waals surface area contributed by atoms with E-state index in [2.05, 4.69) is 9.61 Å². The Bertz CT molecular complexity index is 290. The lowest BCUT2D eigenvalue weighted by molar-refractivity contribution is 0.177. The van der Waals surface area contributed by atoms with Gasteiger partial charge in [0.2, 0.25) is 0 Å². The summed E-state index contributed by atoms with van der Waals surface area (Å²) in [4.78, 5) is 20.3. The molecule has 1 aromatic rings. The minimum Gasteiger partial charge on any atom is -0.310 e. The summed E-state index contributed by atoms with van der Waals surface area (Å²) in [7, 11) is -4.45. The highest BCUT2D eigenvalue weighted by Crippen LogP contribution is 2.30. The summed E-state index contributed by atoms with van der Waals surface area (Å²) in [5, 5.41) is 0. The summed E-state index contributed by atoms with van der Waals surface area (Å²) in [5.41, 5.74) is 0.624. The van der Waals surface area contributed by atoms with Gasteiger partial charge in [0, 0.05) is 0 Å². The number of rotatable bonds is 2. The van der Waals surface area contributed by atoms with Crippen molar-refractivity contribution >= 4 is 7.82 Å². The molecule has 0 amide bonds. The molecule has 0 unspecified atom stereocenters. The molecule has 0 aliphatic rings. The van der Waals surface area contributed by atoms with E-state index in [-0.39, 0.29) is 0 Å². The highest BCUT2D eigenvalue weighted by molar-refractivity contribution is 7.46. The van der Waals surface area contributed by atoms with E-state index in [1.165, 1.54) is 12.5 Å². The second-order valence-corrected chi connectivity index (χ2v) is 3.09. The minimum atomic E-state index is -4.45. The van der Waals surface area contributed by atoms with Gasteiger partial charge in [-0.05, 0) is 6.92 Å². The average Bonchev–Trinajstić information content (AvgIpc) is 2.10. The first-order valence-corrected chi connectivity index (χ1v) is 4.26. The normalized spacial score (nSPS) is 11.5. The lowest BCUT2D eigenvalue weighted by Crippen LogP contribution is -2.05. The molecule has 0 atom stereocenters. The van der Waals surface area contributed by atoms with Crippen LogP contribution < -0.4 is 4.62 Å². The van der Waals surface area contributed by atoms with Gasteiger partial charge in [0.15, 0.2) is 0 Å². The van der Waals surface area contributed by atoms with Crippen molar-refractivity contribution in [3.8, 4) is 0 Å². The largest absolute Gasteiger partial charge is 0.543 e. The molecule has 2 N–H and O–H groups in total. The van der Waals surface area contributed by atoms with E-state index in [0.717, 1.165) is 4.73 Å². The molecule has 0 saturated heterocycles. The van der Waals surface area contributed by atoms with Crippen LogP contribution in [0.3, 0.4) is 0 Å². The minimum absolute atomic E-state index is 0.624. The van der Waals surface area contributed by atoms with Gasteiger partial charge in [-0.15, -0.1) is 0 Å². The zero-order chi connectivity index (χ0) is 8.48. The molecule has 1 rings (SSSR count). The van der Waals surface area contributed by atoms with Crippen molar-refractivity contribution < 1.29 is 19.0 Å². The fourth-order valence-electron chi connectivity index (χ4n) is 0.566. The molecule has 0 aromatic carbocycles. The number of nitrogens with zero attached hydrogens (tertiary/aromatic N) is 2. The van der Waals surface area contributed by atoms with Gasteiger partial charge >= 0.3 is 7.82 Å². The van der Waals surface area contributed by atoms with E-state index in [9.17, 15) is 4.57 Å². The van der Waals surface area contributed by atoms with Crippen molar-refractivity contribution in [2.24, 2.45) is 0 Å². The van der Waals surface area contributed by atoms with Crippen LogP contribution in [-0.2, 0) is 4.57 Å². The van der Waals surface area contributed by atoms with Gasteiger partial charge in [-0.1, -0.05) is 0 Å². The first-order chi connectivity index (χ1) is 4.97. The molecular weight excluding hydrogens is 171 g/mol. The molecule has 6 nitrogen and oxygen atoms in total. The molecule has 0 bridgehead atoms. The van der Waals surface area contributed by atoms with E-state index in [4.69, 9.17) is 9.79 Å². The van der Waals surface area contributed by atoms with Gasteiger partial charge in [0.1, 0.15) is 6.33 Å². The number of aryl methyl sites for hydroxylation is 1. The molecule has 0 radical (unpaired) electrons. The molecule has 0 saturated carbocycles. The number of imidazole rings is 1. The van der Waals surface area contributed by atoms with Crippen molar-refractivity contribution in [3.63, 3.8) is 0 Å². The van der Waals surface area contributed by atoms with Crippen LogP contribution in [0.5, 0.6) is 0 Å². The van der Waals surface area contributed by atoms with Gasteiger partial charge in [0.25, 0.3) is 0 Å². The smallest absolute Gasteiger partial charge is 0.310 e. The Morgan fingerprint density at radius 2 is 2.36 bits per heavy atom. The van der Waals surface area contributed by atoms with Crippen LogP contribution in [0.15, 0.2) is 12.5 Å². The van der Waals surface area contributed by atoms with Crippen LogP contribution in [0.4, 0.5) is 0 Å². The standard InChI is InChI=1S/C4H7N2O4P/c1-4-2-6(3-5-4)10-11(7,8)9/h2-3H,1H3,(H2,7,8,9). The average molecular weight is 178 g/mol. The Kier molecular flexibility index (Phi) is 1.99. The third kappa shape index (κ3) is 2.71. The molecule has 0 fully saturated rings. The summed E-state index contributed by atoms with van der Waals surface area (Å²) >= 11 is 0. The zero-order valence-electron chi connectivity index (χ0n) is 5.71. The highest BCUT2D eigenvalue weighted by atomic mass is 31.2. The van der Waals surface area contributed by atoms with E-state index in [0.29, 0.717) is 5.69 Å². The van der Waals surface area contributed by atoms with E-state index < -0.39 is 7.82 Å². The Morgan fingerprint density at radius 1 is 1.73 bits per heavy atom. The zero-order valence-corrected chi connectivity index (χ0v) is 6.60. The first-order valence-electron chi connectivity index (χ1n) is 2.73. The maximum absolute atomic E-state index is 10.2. The van der Waals surface area contributed by atoms with Crippen LogP contribution in [0.2, 0.25) is 0 Å². The number of hydrogen-bond acceptors (Lipinski definition) is 3. The molecule has 11 heavy (non-hydrogen) atoms. The molecule has 0 aliphatic heterocycles. The fraction of sp³-hybridized carbons (Fsp3) is 0.250. The Labute approximate surface area is 62.6 Å². The predicted octanol–water partition coefficient (Wildman–Crippen LogP) is -0.287. The topological polar surface area (TPSA) is 84.6 Å². The fourth-order valence-corrected chi connectivity index (χ4v) is 0.901. The predicted molar refractivity (Wildman–Crippen MR) is 35.6 cm³/mol. The second kappa shape index (κ2) is 2.65. The van der Waals surface area contributed by atoms with Crippen molar-refractivity contribution in [1.82, 2.24) is 9.71 Å². The lowest BCUT2D eigenvalue weighted by Gasteiger charge is -2.04. The lowest BCUT2D eigenvalue weighted by atomic mass is 10.6. The number of aromatic nitrogens is 2. The van der Waals surface area contributed by atoms with Crippen molar-refractivity contribution in [2.75, 3.05) is 0 Å². The Morgan fingerprint density at radius 3 is 2.73 bits per heavy atom. The SMILES string of the molecule is Cc1cn(OP(=O)(O)O)cn1. The second-order valence-electron chi connectivity index (χ2n) is 1.95. The van der Waals surface area contributed by atoms with Crippen LogP contribution in [0, 0.1) is 6.92 Å². The summed E-state index contributed by atoms with van der Waals surface area (Å²) in [6.45, 7) is 1.68. The summed E-state index contributed by atoms with van der Waals surface area (Å²) in [6, 6.07) is 0. The van der Waals surface area contributed by atoms with E-state index in [1.807, 2.05) is 0 Å². The molecule has 0 aliphatic carbocycles. The summed E-state index contributed by atoms with van der Waals surface area (Å²) in [6.07, 6.45) is 2.54. The first kappa shape index (κ1) is 8.26. The Balaban J connectivity index is 2.73. The van der Waals surface area contributed by atoms with Crippen LogP contribution in [0.25, 0.3) is 0 Å². The molecule has 1 aromatic heterocycles.